The number of imidazole rings is 1. The van der Waals surface area contributed by atoms with Gasteiger partial charge in [0.2, 0.25) is 5.91 Å². The summed E-state index contributed by atoms with van der Waals surface area (Å²) in [7, 11) is 0. The first-order valence-electron chi connectivity index (χ1n) is 12.3. The third-order valence-electron chi connectivity index (χ3n) is 6.92. The molecule has 0 bridgehead atoms. The predicted octanol–water partition coefficient (Wildman–Crippen LogP) is 4.45. The largest absolute Gasteiger partial charge is 0.416 e. The number of aryl methyl sites for hydroxylation is 1. The summed E-state index contributed by atoms with van der Waals surface area (Å²) in [5, 5.41) is 9.76. The molecule has 0 spiro atoms. The zero-order valence-electron chi connectivity index (χ0n) is 20.1. The van der Waals surface area contributed by atoms with Crippen LogP contribution in [0.2, 0.25) is 0 Å². The van der Waals surface area contributed by atoms with E-state index in [1.54, 1.807) is 12.1 Å². The summed E-state index contributed by atoms with van der Waals surface area (Å²) in [6.45, 7) is 6.13. The molecule has 1 saturated heterocycles. The quantitative estimate of drug-likeness (QED) is 0.522. The zero-order chi connectivity index (χ0) is 25.4. The number of halogens is 3. The second kappa shape index (κ2) is 9.54. The average Bonchev–Trinajstić information content (AvgIpc) is 3.68. The van der Waals surface area contributed by atoms with Crippen LogP contribution in [-0.4, -0.2) is 56.4 Å². The highest BCUT2D eigenvalue weighted by molar-refractivity contribution is 5.85. The molecule has 5 rings (SSSR count). The molecular weight excluding hydrogens is 469 g/mol. The Hall–Kier alpha value is -3.45. The number of pyridine rings is 1. The van der Waals surface area contributed by atoms with Crippen molar-refractivity contribution in [3.05, 3.63) is 47.4 Å². The van der Waals surface area contributed by atoms with Gasteiger partial charge in [-0.15, -0.1) is 0 Å². The van der Waals surface area contributed by atoms with Crippen molar-refractivity contribution in [2.24, 2.45) is 5.92 Å². The van der Waals surface area contributed by atoms with E-state index in [0.29, 0.717) is 41.9 Å². The summed E-state index contributed by atoms with van der Waals surface area (Å²) < 4.78 is 41.8. The van der Waals surface area contributed by atoms with Crippen LogP contribution < -0.4 is 0 Å². The topological polar surface area (TPSA) is 78.0 Å². The van der Waals surface area contributed by atoms with Gasteiger partial charge in [-0.05, 0) is 44.4 Å². The molecule has 1 aliphatic heterocycles. The number of hydrogen-bond acceptors (Lipinski definition) is 5. The maximum Gasteiger partial charge on any atom is 0.416 e. The zero-order valence-corrected chi connectivity index (χ0v) is 20.1. The van der Waals surface area contributed by atoms with Crippen LogP contribution in [0.25, 0.3) is 22.3 Å². The van der Waals surface area contributed by atoms with E-state index in [2.05, 4.69) is 16.0 Å². The van der Waals surface area contributed by atoms with Crippen molar-refractivity contribution >= 4 is 16.9 Å². The minimum Gasteiger partial charge on any atom is -0.341 e. The molecule has 3 heterocycles. The molecule has 3 aromatic rings. The number of carbonyl (C=O) groups is 1. The fourth-order valence-electron chi connectivity index (χ4n) is 4.86. The number of amides is 1. The molecule has 0 unspecified atom stereocenters. The molecule has 1 saturated carbocycles. The molecule has 0 N–H and O–H groups in total. The summed E-state index contributed by atoms with van der Waals surface area (Å²) in [5.74, 6) is 1.25. The number of fused-ring (bicyclic) bond motifs is 1. The van der Waals surface area contributed by atoms with Crippen LogP contribution in [0, 0.1) is 17.2 Å². The summed E-state index contributed by atoms with van der Waals surface area (Å²) in [6.07, 6.45) is -1.59. The summed E-state index contributed by atoms with van der Waals surface area (Å²) >= 11 is 0. The molecule has 1 amide bonds. The van der Waals surface area contributed by atoms with Gasteiger partial charge >= 0.3 is 6.18 Å². The van der Waals surface area contributed by atoms with Gasteiger partial charge in [-0.3, -0.25) is 9.69 Å². The van der Waals surface area contributed by atoms with E-state index in [1.165, 1.54) is 6.07 Å². The van der Waals surface area contributed by atoms with E-state index in [1.807, 2.05) is 16.4 Å². The van der Waals surface area contributed by atoms with E-state index >= 15 is 0 Å². The fraction of sp³-hybridized carbons (Fsp3) is 0.462. The first kappa shape index (κ1) is 24.3. The standard InChI is InChI=1S/C26H27F3N6O/c1-2-35-22-14-20(18-5-3-6-19(13-18)26(27,28)29)31-21(15-30)24(22)32-23(35)16-33-9-4-10-34(12-11-33)25(36)17-7-8-17/h3,5-6,13-14,17H,2,4,7-12,16H2,1H3. The van der Waals surface area contributed by atoms with Gasteiger partial charge in [-0.1, -0.05) is 12.1 Å². The van der Waals surface area contributed by atoms with Crippen LogP contribution in [0.1, 0.15) is 43.3 Å². The Bertz CT molecular complexity index is 1340. The van der Waals surface area contributed by atoms with Crippen LogP contribution in [0.3, 0.4) is 0 Å². The summed E-state index contributed by atoms with van der Waals surface area (Å²) in [6, 6.07) is 8.75. The molecule has 2 aromatic heterocycles. The number of hydrogen-bond donors (Lipinski definition) is 0. The third-order valence-corrected chi connectivity index (χ3v) is 6.92. The molecule has 0 atom stereocenters. The van der Waals surface area contributed by atoms with Crippen LogP contribution in [0.4, 0.5) is 13.2 Å². The third kappa shape index (κ3) is 4.80. The Labute approximate surface area is 207 Å². The monoisotopic (exact) mass is 496 g/mol. The average molecular weight is 497 g/mol. The van der Waals surface area contributed by atoms with Crippen LogP contribution in [0.15, 0.2) is 30.3 Å². The Balaban J connectivity index is 1.45. The van der Waals surface area contributed by atoms with Crippen molar-refractivity contribution in [1.82, 2.24) is 24.3 Å². The number of nitriles is 1. The van der Waals surface area contributed by atoms with Crippen molar-refractivity contribution in [3.8, 4) is 17.3 Å². The van der Waals surface area contributed by atoms with Gasteiger partial charge in [0.05, 0.1) is 23.3 Å². The molecule has 7 nitrogen and oxygen atoms in total. The van der Waals surface area contributed by atoms with Crippen molar-refractivity contribution in [3.63, 3.8) is 0 Å². The Morgan fingerprint density at radius 1 is 1.14 bits per heavy atom. The number of aromatic nitrogens is 3. The summed E-state index contributed by atoms with van der Waals surface area (Å²) in [5.41, 5.74) is 1.04. The highest BCUT2D eigenvalue weighted by Crippen LogP contribution is 2.33. The smallest absolute Gasteiger partial charge is 0.341 e. The van der Waals surface area contributed by atoms with E-state index < -0.39 is 11.7 Å². The van der Waals surface area contributed by atoms with Gasteiger partial charge in [-0.2, -0.15) is 18.4 Å². The second-order valence-corrected chi connectivity index (χ2v) is 9.42. The molecule has 36 heavy (non-hydrogen) atoms. The van der Waals surface area contributed by atoms with E-state index in [0.717, 1.165) is 56.9 Å². The van der Waals surface area contributed by atoms with Gasteiger partial charge in [0.15, 0.2) is 5.69 Å². The number of benzene rings is 1. The Morgan fingerprint density at radius 2 is 1.94 bits per heavy atom. The lowest BCUT2D eigenvalue weighted by Crippen LogP contribution is -2.36. The Kier molecular flexibility index (Phi) is 6.43. The highest BCUT2D eigenvalue weighted by Gasteiger charge is 2.34. The number of rotatable bonds is 5. The maximum atomic E-state index is 13.3. The molecule has 188 valence electrons. The van der Waals surface area contributed by atoms with Gasteiger partial charge in [0.25, 0.3) is 0 Å². The van der Waals surface area contributed by atoms with E-state index in [9.17, 15) is 23.2 Å². The van der Waals surface area contributed by atoms with Gasteiger partial charge < -0.3 is 9.47 Å². The highest BCUT2D eigenvalue weighted by atomic mass is 19.4. The molecule has 10 heteroatoms. The summed E-state index contributed by atoms with van der Waals surface area (Å²) in [4.78, 5) is 25.8. The predicted molar refractivity (Wildman–Crippen MR) is 128 cm³/mol. The van der Waals surface area contributed by atoms with Crippen LogP contribution >= 0.6 is 0 Å². The first-order chi connectivity index (χ1) is 17.3. The normalized spacial score (nSPS) is 17.2. The SMILES string of the molecule is CCn1c(CN2CCCN(C(=O)C3CC3)CC2)nc2c(C#N)nc(-c3cccc(C(F)(F)F)c3)cc21. The lowest BCUT2D eigenvalue weighted by molar-refractivity contribution is -0.137. The molecule has 2 fully saturated rings. The lowest BCUT2D eigenvalue weighted by Gasteiger charge is -2.22. The van der Waals surface area contributed by atoms with Crippen molar-refractivity contribution in [1.29, 1.82) is 5.26 Å². The number of alkyl halides is 3. The fourth-order valence-corrected chi connectivity index (χ4v) is 4.86. The van der Waals surface area contributed by atoms with Crippen molar-refractivity contribution < 1.29 is 18.0 Å². The van der Waals surface area contributed by atoms with Gasteiger partial charge in [0, 0.05) is 44.2 Å². The lowest BCUT2D eigenvalue weighted by atomic mass is 10.1. The minimum absolute atomic E-state index is 0.0884. The van der Waals surface area contributed by atoms with E-state index in [-0.39, 0.29) is 17.5 Å². The number of carbonyl (C=O) groups excluding carboxylic acids is 1. The molecule has 1 aliphatic carbocycles. The minimum atomic E-state index is -4.47. The van der Waals surface area contributed by atoms with Gasteiger partial charge in [0.1, 0.15) is 17.4 Å². The molecule has 1 aromatic carbocycles. The molecule has 2 aliphatic rings. The van der Waals surface area contributed by atoms with Crippen molar-refractivity contribution in [2.45, 2.75) is 45.5 Å². The second-order valence-electron chi connectivity index (χ2n) is 9.42. The molecular formula is C26H27F3N6O. The van der Waals surface area contributed by atoms with Crippen LogP contribution in [-0.2, 0) is 24.1 Å². The Morgan fingerprint density at radius 3 is 2.64 bits per heavy atom. The van der Waals surface area contributed by atoms with E-state index in [4.69, 9.17) is 4.98 Å². The van der Waals surface area contributed by atoms with Crippen molar-refractivity contribution in [2.75, 3.05) is 26.2 Å². The number of nitrogens with zero attached hydrogens (tertiary/aromatic N) is 6. The van der Waals surface area contributed by atoms with Gasteiger partial charge in [-0.25, -0.2) is 9.97 Å². The maximum absolute atomic E-state index is 13.3. The van der Waals surface area contributed by atoms with Crippen LogP contribution in [0.5, 0.6) is 0 Å². The first-order valence-corrected chi connectivity index (χ1v) is 12.3. The molecule has 0 radical (unpaired) electrons.